The van der Waals surface area contributed by atoms with Gasteiger partial charge in [0, 0.05) is 36.3 Å². The van der Waals surface area contributed by atoms with Crippen LogP contribution < -0.4 is 45.2 Å². The van der Waals surface area contributed by atoms with Gasteiger partial charge in [-0.15, -0.1) is 0 Å². The maximum absolute atomic E-state index is 13.1. The third-order valence-corrected chi connectivity index (χ3v) is 5.66. The first-order valence-corrected chi connectivity index (χ1v) is 10.3. The number of fused-ring (bicyclic) bond motifs is 1. The van der Waals surface area contributed by atoms with E-state index in [1.54, 1.807) is 19.1 Å². The van der Waals surface area contributed by atoms with Gasteiger partial charge in [-0.05, 0) is 25.5 Å². The van der Waals surface area contributed by atoms with Gasteiger partial charge < -0.3 is 35.0 Å². The Labute approximate surface area is 210 Å². The van der Waals surface area contributed by atoms with Crippen molar-refractivity contribution in [3.8, 4) is 0 Å². The summed E-state index contributed by atoms with van der Waals surface area (Å²) in [5.74, 6) is -2.48. The molecule has 1 unspecified atom stereocenters. The average molecular weight is 570 g/mol. The number of halogens is 1. The van der Waals surface area contributed by atoms with Gasteiger partial charge >= 0.3 is 5.91 Å². The molecule has 0 bridgehead atoms. The average Bonchev–Trinajstić information content (AvgIpc) is 2.98. The summed E-state index contributed by atoms with van der Waals surface area (Å²) in [6.45, 7) is 11.8. The van der Waals surface area contributed by atoms with Crippen molar-refractivity contribution >= 4 is 40.7 Å². The van der Waals surface area contributed by atoms with Gasteiger partial charge in [-0.3, -0.25) is 24.2 Å². The molecule has 0 radical (unpaired) electrons. The lowest BCUT2D eigenvalue weighted by Crippen LogP contribution is -3.00. The minimum atomic E-state index is -0.737. The number of amides is 4. The molecule has 4 amide bonds. The highest BCUT2D eigenvalue weighted by atomic mass is 127. The first kappa shape index (κ1) is 28.4. The molecule has 0 aliphatic carbocycles. The van der Waals surface area contributed by atoms with Crippen LogP contribution in [-0.2, 0) is 24.6 Å². The van der Waals surface area contributed by atoms with Gasteiger partial charge in [0.1, 0.15) is 13.1 Å². The molecule has 33 heavy (non-hydrogen) atoms. The Hall–Kier alpha value is -2.64. The molecule has 11 heteroatoms. The van der Waals surface area contributed by atoms with Crippen molar-refractivity contribution in [2.24, 2.45) is 10.7 Å². The van der Waals surface area contributed by atoms with Gasteiger partial charge in [-0.25, -0.2) is 0 Å². The molecule has 0 spiro atoms. The van der Waals surface area contributed by atoms with Crippen LogP contribution in [0.1, 0.15) is 40.2 Å². The van der Waals surface area contributed by atoms with E-state index in [0.29, 0.717) is 5.69 Å². The molecular formula is C22H31IN6O4. The number of aliphatic imine (C=N–C) groups is 1. The number of nitrogens with zero attached hydrogens (tertiary/aromatic N) is 3. The normalized spacial score (nSPS) is 15.2. The predicted molar refractivity (Wildman–Crippen MR) is 123 cm³/mol. The monoisotopic (exact) mass is 570 g/mol. The van der Waals surface area contributed by atoms with Crippen LogP contribution in [0.25, 0.3) is 0 Å². The number of nitrogens with one attached hydrogen (secondary N) is 2. The number of rotatable bonds is 8. The van der Waals surface area contributed by atoms with Crippen LogP contribution in [0.15, 0.2) is 35.8 Å². The Morgan fingerprint density at radius 1 is 1.27 bits per heavy atom. The molecule has 4 N–H and O–H groups in total. The van der Waals surface area contributed by atoms with Crippen LogP contribution >= 0.6 is 0 Å². The number of hydrogen-bond donors (Lipinski definition) is 3. The summed E-state index contributed by atoms with van der Waals surface area (Å²) >= 11 is 0. The largest absolute Gasteiger partial charge is 1.00 e. The predicted octanol–water partition coefficient (Wildman–Crippen LogP) is -2.02. The Kier molecular flexibility index (Phi) is 9.45. The SMILES string of the molecule is C=CC(=O)N(C(=O)CNC(=O)CN)[N+](CC)(NC(C)=O)c1ccc2c(c1)C(C)(C)C(C)=N2.[I-]. The molecule has 0 fully saturated rings. The number of carbonyl (C=O) groups is 4. The van der Waals surface area contributed by atoms with Crippen LogP contribution in [0.5, 0.6) is 0 Å². The summed E-state index contributed by atoms with van der Waals surface area (Å²) in [6.07, 6.45) is 0.984. The third kappa shape index (κ3) is 5.47. The molecule has 1 aliphatic heterocycles. The van der Waals surface area contributed by atoms with Gasteiger partial charge in [0.2, 0.25) is 5.91 Å². The number of carbonyl (C=O) groups excluding carboxylic acids is 4. The Morgan fingerprint density at radius 3 is 2.42 bits per heavy atom. The molecule has 0 aromatic heterocycles. The van der Waals surface area contributed by atoms with Crippen molar-refractivity contribution in [2.75, 3.05) is 19.6 Å². The second-order valence-corrected chi connectivity index (χ2v) is 8.01. The van der Waals surface area contributed by atoms with E-state index in [-0.39, 0.29) is 42.5 Å². The number of quaternary nitrogens is 1. The highest BCUT2D eigenvalue weighted by molar-refractivity contribution is 6.03. The molecule has 0 saturated heterocycles. The van der Waals surface area contributed by atoms with E-state index < -0.39 is 34.9 Å². The number of hydrogen-bond acceptors (Lipinski definition) is 6. The second-order valence-electron chi connectivity index (χ2n) is 8.01. The van der Waals surface area contributed by atoms with E-state index in [1.165, 1.54) is 6.92 Å². The van der Waals surface area contributed by atoms with Crippen LogP contribution in [0.4, 0.5) is 11.4 Å². The lowest BCUT2D eigenvalue weighted by molar-refractivity contribution is -0.166. The summed E-state index contributed by atoms with van der Waals surface area (Å²) in [6, 6.07) is 5.35. The molecule has 1 heterocycles. The molecule has 10 nitrogen and oxygen atoms in total. The van der Waals surface area contributed by atoms with E-state index >= 15 is 0 Å². The third-order valence-electron chi connectivity index (χ3n) is 5.66. The van der Waals surface area contributed by atoms with Crippen molar-refractivity contribution in [2.45, 2.75) is 40.0 Å². The molecule has 1 aromatic carbocycles. The van der Waals surface area contributed by atoms with Crippen LogP contribution in [0.2, 0.25) is 0 Å². The first-order chi connectivity index (χ1) is 14.9. The van der Waals surface area contributed by atoms with Crippen molar-refractivity contribution in [1.82, 2.24) is 20.5 Å². The number of benzene rings is 1. The zero-order valence-electron chi connectivity index (χ0n) is 19.6. The number of imide groups is 1. The highest BCUT2D eigenvalue weighted by Gasteiger charge is 2.46. The minimum Gasteiger partial charge on any atom is -1.00 e. The van der Waals surface area contributed by atoms with Gasteiger partial charge in [0.15, 0.2) is 5.69 Å². The molecule has 2 rings (SSSR count). The zero-order valence-corrected chi connectivity index (χ0v) is 21.7. The molecule has 180 valence electrons. The quantitative estimate of drug-likeness (QED) is 0.144. The van der Waals surface area contributed by atoms with Crippen molar-refractivity contribution in [3.05, 3.63) is 36.4 Å². The fourth-order valence-electron chi connectivity index (χ4n) is 3.65. The van der Waals surface area contributed by atoms with Gasteiger partial charge in [-0.2, -0.15) is 5.43 Å². The lowest BCUT2D eigenvalue weighted by atomic mass is 9.82. The topological polar surface area (TPSA) is 134 Å². The Balaban J connectivity index is 0.00000544. The Bertz CT molecular complexity index is 1010. The maximum atomic E-state index is 13.1. The molecule has 1 aliphatic rings. The van der Waals surface area contributed by atoms with E-state index in [4.69, 9.17) is 5.73 Å². The van der Waals surface area contributed by atoms with E-state index in [9.17, 15) is 19.2 Å². The maximum Gasteiger partial charge on any atom is 0.302 e. The fourth-order valence-corrected chi connectivity index (χ4v) is 3.65. The Morgan fingerprint density at radius 2 is 1.91 bits per heavy atom. The fraction of sp³-hybridized carbons (Fsp3) is 0.409. The van der Waals surface area contributed by atoms with Gasteiger partial charge in [0.05, 0.1) is 12.2 Å². The summed E-state index contributed by atoms with van der Waals surface area (Å²) in [5.41, 5.74) is 10.8. The summed E-state index contributed by atoms with van der Waals surface area (Å²) < 4.78 is -0.611. The summed E-state index contributed by atoms with van der Waals surface area (Å²) in [5, 5.41) is 3.25. The van der Waals surface area contributed by atoms with Crippen LogP contribution in [0.3, 0.4) is 0 Å². The molecule has 1 atom stereocenters. The van der Waals surface area contributed by atoms with Crippen molar-refractivity contribution < 1.29 is 43.2 Å². The standard InChI is InChI=1S/C22H30N6O4.HI/c1-7-20(31)27(21(32)13-24-19(30)12-23)28(8-2,26-15(4)29)16-9-10-18-17(11-16)22(5,6)14(3)25-18;/h7,9-11H,1,8,12-13,23H2,2-6H3,(H-,24,26,29,30);1H. The molecular weight excluding hydrogens is 539 g/mol. The molecule has 0 saturated carbocycles. The van der Waals surface area contributed by atoms with Gasteiger partial charge in [-0.1, -0.05) is 30.1 Å². The minimum absolute atomic E-state index is 0. The van der Waals surface area contributed by atoms with Crippen LogP contribution in [0, 0.1) is 0 Å². The zero-order chi connectivity index (χ0) is 24.3. The van der Waals surface area contributed by atoms with Crippen molar-refractivity contribution in [1.29, 1.82) is 0 Å². The smallest absolute Gasteiger partial charge is 0.302 e. The lowest BCUT2D eigenvalue weighted by Gasteiger charge is -2.41. The summed E-state index contributed by atoms with van der Waals surface area (Å²) in [4.78, 5) is 54.5. The molecule has 1 aromatic rings. The summed E-state index contributed by atoms with van der Waals surface area (Å²) in [7, 11) is 0. The van der Waals surface area contributed by atoms with Gasteiger partial charge in [0.25, 0.3) is 11.8 Å². The van der Waals surface area contributed by atoms with E-state index in [0.717, 1.165) is 28.0 Å². The van der Waals surface area contributed by atoms with E-state index in [1.807, 2.05) is 26.8 Å². The second kappa shape index (κ2) is 11.0. The number of nitrogens with two attached hydrogens (primary N) is 1. The van der Waals surface area contributed by atoms with Crippen LogP contribution in [-0.4, -0.2) is 54.0 Å². The first-order valence-electron chi connectivity index (χ1n) is 10.3. The van der Waals surface area contributed by atoms with E-state index in [2.05, 4.69) is 22.3 Å². The van der Waals surface area contributed by atoms with Crippen molar-refractivity contribution in [3.63, 3.8) is 0 Å². The highest BCUT2D eigenvalue weighted by Crippen LogP contribution is 2.42.